The lowest BCUT2D eigenvalue weighted by Gasteiger charge is -2.19. The minimum Gasteiger partial charge on any atom is -0.369 e. The molecule has 1 unspecified atom stereocenters. The maximum absolute atomic E-state index is 5.94. The summed E-state index contributed by atoms with van der Waals surface area (Å²) in [6.07, 6.45) is 1.10. The lowest BCUT2D eigenvalue weighted by atomic mass is 10.2. The molecule has 4 nitrogen and oxygen atoms in total. The highest BCUT2D eigenvalue weighted by Crippen LogP contribution is 2.23. The van der Waals surface area contributed by atoms with Gasteiger partial charge in [-0.2, -0.15) is 0 Å². The number of aromatic nitrogens is 2. The van der Waals surface area contributed by atoms with Gasteiger partial charge in [-0.05, 0) is 44.5 Å². The van der Waals surface area contributed by atoms with Crippen molar-refractivity contribution < 1.29 is 0 Å². The topological polar surface area (TPSA) is 41.0 Å². The Morgan fingerprint density at radius 3 is 2.67 bits per heavy atom. The Labute approximate surface area is 130 Å². The van der Waals surface area contributed by atoms with E-state index in [0.29, 0.717) is 6.04 Å². The molecule has 1 aliphatic heterocycles. The number of hydrogen-bond acceptors (Lipinski definition) is 4. The van der Waals surface area contributed by atoms with Crippen molar-refractivity contribution in [1.82, 2.24) is 9.97 Å². The van der Waals surface area contributed by atoms with Crippen LogP contribution in [0.15, 0.2) is 30.3 Å². The predicted octanol–water partition coefficient (Wildman–Crippen LogP) is 3.44. The van der Waals surface area contributed by atoms with Crippen molar-refractivity contribution in [2.75, 3.05) is 23.3 Å². The first-order valence-corrected chi connectivity index (χ1v) is 7.57. The summed E-state index contributed by atoms with van der Waals surface area (Å²) in [6.45, 7) is 5.94. The van der Waals surface area contributed by atoms with E-state index in [1.807, 2.05) is 32.0 Å². The fourth-order valence-corrected chi connectivity index (χ4v) is 2.89. The summed E-state index contributed by atoms with van der Waals surface area (Å²) in [7, 11) is 0. The standard InChI is InChI=1S/C16H19ClN4/c1-11-9-16(19-12(2)18-11)20-14-7-8-21(10-14)15-5-3-13(17)4-6-15/h3-6,9,14H,7-8,10H2,1-2H3,(H,18,19,20). The third-order valence-electron chi connectivity index (χ3n) is 3.70. The van der Waals surface area contributed by atoms with E-state index >= 15 is 0 Å². The summed E-state index contributed by atoms with van der Waals surface area (Å²) in [6, 6.07) is 10.4. The van der Waals surface area contributed by atoms with Crippen LogP contribution in [0.1, 0.15) is 17.9 Å². The highest BCUT2D eigenvalue weighted by molar-refractivity contribution is 6.30. The fourth-order valence-electron chi connectivity index (χ4n) is 2.76. The molecule has 2 heterocycles. The number of nitrogens with one attached hydrogen (secondary N) is 1. The fraction of sp³-hybridized carbons (Fsp3) is 0.375. The lowest BCUT2D eigenvalue weighted by molar-refractivity contribution is 0.796. The van der Waals surface area contributed by atoms with Crippen LogP contribution < -0.4 is 10.2 Å². The summed E-state index contributed by atoms with van der Waals surface area (Å²) in [5, 5.41) is 4.29. The van der Waals surface area contributed by atoms with Crippen LogP contribution in [0.2, 0.25) is 5.02 Å². The first-order chi connectivity index (χ1) is 10.1. The van der Waals surface area contributed by atoms with Gasteiger partial charge in [-0.15, -0.1) is 0 Å². The van der Waals surface area contributed by atoms with Gasteiger partial charge in [0.15, 0.2) is 0 Å². The van der Waals surface area contributed by atoms with Gasteiger partial charge in [0.05, 0.1) is 0 Å². The van der Waals surface area contributed by atoms with Crippen LogP contribution in [0.4, 0.5) is 11.5 Å². The average Bonchev–Trinajstić information content (AvgIpc) is 2.87. The van der Waals surface area contributed by atoms with Crippen LogP contribution in [-0.2, 0) is 0 Å². The third kappa shape index (κ3) is 3.45. The number of benzene rings is 1. The van der Waals surface area contributed by atoms with Gasteiger partial charge in [0.25, 0.3) is 0 Å². The molecular formula is C16H19ClN4. The Bertz CT molecular complexity index is 606. The summed E-state index contributed by atoms with van der Waals surface area (Å²) in [4.78, 5) is 11.1. The molecule has 0 spiro atoms. The monoisotopic (exact) mass is 302 g/mol. The zero-order chi connectivity index (χ0) is 14.8. The molecule has 110 valence electrons. The molecule has 1 saturated heterocycles. The number of anilines is 2. The van der Waals surface area contributed by atoms with Crippen molar-refractivity contribution in [3.8, 4) is 0 Å². The second-order valence-electron chi connectivity index (χ2n) is 5.49. The zero-order valence-corrected chi connectivity index (χ0v) is 13.1. The summed E-state index contributed by atoms with van der Waals surface area (Å²) in [5.74, 6) is 1.73. The van der Waals surface area contributed by atoms with E-state index in [0.717, 1.165) is 41.9 Å². The van der Waals surface area contributed by atoms with Gasteiger partial charge in [0.1, 0.15) is 11.6 Å². The molecular weight excluding hydrogens is 284 g/mol. The Morgan fingerprint density at radius 1 is 1.19 bits per heavy atom. The van der Waals surface area contributed by atoms with Gasteiger partial charge in [-0.25, -0.2) is 9.97 Å². The molecule has 1 aromatic carbocycles. The van der Waals surface area contributed by atoms with Crippen LogP contribution in [0, 0.1) is 13.8 Å². The molecule has 0 radical (unpaired) electrons. The molecule has 1 N–H and O–H groups in total. The summed E-state index contributed by atoms with van der Waals surface area (Å²) >= 11 is 5.94. The summed E-state index contributed by atoms with van der Waals surface area (Å²) < 4.78 is 0. The van der Waals surface area contributed by atoms with Crippen molar-refractivity contribution >= 4 is 23.1 Å². The van der Waals surface area contributed by atoms with Gasteiger partial charge < -0.3 is 10.2 Å². The first-order valence-electron chi connectivity index (χ1n) is 7.19. The largest absolute Gasteiger partial charge is 0.369 e. The molecule has 1 fully saturated rings. The molecule has 1 aromatic heterocycles. The highest BCUT2D eigenvalue weighted by atomic mass is 35.5. The minimum absolute atomic E-state index is 0.411. The number of aryl methyl sites for hydroxylation is 2. The molecule has 5 heteroatoms. The minimum atomic E-state index is 0.411. The molecule has 1 atom stereocenters. The van der Waals surface area contributed by atoms with Gasteiger partial charge in [0.2, 0.25) is 0 Å². The SMILES string of the molecule is Cc1cc(NC2CCN(c3ccc(Cl)cc3)C2)nc(C)n1. The number of nitrogens with zero attached hydrogens (tertiary/aromatic N) is 3. The van der Waals surface area contributed by atoms with E-state index in [1.165, 1.54) is 5.69 Å². The third-order valence-corrected chi connectivity index (χ3v) is 3.95. The maximum atomic E-state index is 5.94. The van der Waals surface area contributed by atoms with E-state index < -0.39 is 0 Å². The Hall–Kier alpha value is -1.81. The Kier molecular flexibility index (Phi) is 3.97. The van der Waals surface area contributed by atoms with Crippen LogP contribution >= 0.6 is 11.6 Å². The molecule has 0 saturated carbocycles. The van der Waals surface area contributed by atoms with Crippen molar-refractivity contribution in [2.24, 2.45) is 0 Å². The Morgan fingerprint density at radius 2 is 1.95 bits per heavy atom. The van der Waals surface area contributed by atoms with E-state index in [2.05, 4.69) is 32.3 Å². The molecule has 2 aromatic rings. The number of halogens is 1. The van der Waals surface area contributed by atoms with Crippen molar-refractivity contribution in [3.63, 3.8) is 0 Å². The van der Waals surface area contributed by atoms with Crippen LogP contribution in [0.5, 0.6) is 0 Å². The Balaban J connectivity index is 1.65. The van der Waals surface area contributed by atoms with Crippen molar-refractivity contribution in [1.29, 1.82) is 0 Å². The van der Waals surface area contributed by atoms with E-state index in [9.17, 15) is 0 Å². The van der Waals surface area contributed by atoms with Crippen molar-refractivity contribution in [3.05, 3.63) is 46.9 Å². The normalized spacial score (nSPS) is 18.0. The second kappa shape index (κ2) is 5.90. The second-order valence-corrected chi connectivity index (χ2v) is 5.93. The zero-order valence-electron chi connectivity index (χ0n) is 12.3. The van der Waals surface area contributed by atoms with Gasteiger partial charge in [-0.3, -0.25) is 0 Å². The van der Waals surface area contributed by atoms with E-state index in [1.54, 1.807) is 0 Å². The van der Waals surface area contributed by atoms with Crippen LogP contribution in [0.3, 0.4) is 0 Å². The smallest absolute Gasteiger partial charge is 0.130 e. The van der Waals surface area contributed by atoms with Crippen molar-refractivity contribution in [2.45, 2.75) is 26.3 Å². The molecule has 0 aliphatic carbocycles. The lowest BCUT2D eigenvalue weighted by Crippen LogP contribution is -2.26. The highest BCUT2D eigenvalue weighted by Gasteiger charge is 2.22. The first kappa shape index (κ1) is 14.1. The van der Waals surface area contributed by atoms with E-state index in [-0.39, 0.29) is 0 Å². The molecule has 1 aliphatic rings. The van der Waals surface area contributed by atoms with Gasteiger partial charge in [0, 0.05) is 41.6 Å². The summed E-state index contributed by atoms with van der Waals surface area (Å²) in [5.41, 5.74) is 2.22. The quantitative estimate of drug-likeness (QED) is 0.943. The van der Waals surface area contributed by atoms with Crippen LogP contribution in [0.25, 0.3) is 0 Å². The molecule has 0 amide bonds. The maximum Gasteiger partial charge on any atom is 0.130 e. The van der Waals surface area contributed by atoms with E-state index in [4.69, 9.17) is 11.6 Å². The number of hydrogen-bond donors (Lipinski definition) is 1. The average molecular weight is 303 g/mol. The molecule has 21 heavy (non-hydrogen) atoms. The van der Waals surface area contributed by atoms with Crippen LogP contribution in [-0.4, -0.2) is 29.1 Å². The molecule has 0 bridgehead atoms. The van der Waals surface area contributed by atoms with Gasteiger partial charge in [-0.1, -0.05) is 11.6 Å². The predicted molar refractivity (Wildman–Crippen MR) is 87.2 cm³/mol. The molecule has 3 rings (SSSR count). The number of rotatable bonds is 3. The van der Waals surface area contributed by atoms with Gasteiger partial charge >= 0.3 is 0 Å².